The summed E-state index contributed by atoms with van der Waals surface area (Å²) in [6.45, 7) is 11.4. The number of aromatic nitrogens is 1. The van der Waals surface area contributed by atoms with Gasteiger partial charge in [0.2, 0.25) is 0 Å². The summed E-state index contributed by atoms with van der Waals surface area (Å²) in [4.78, 5) is 9.29. The van der Waals surface area contributed by atoms with Crippen molar-refractivity contribution in [1.82, 2.24) is 14.8 Å². The molecule has 2 saturated heterocycles. The Kier molecular flexibility index (Phi) is 7.27. The van der Waals surface area contributed by atoms with Crippen molar-refractivity contribution >= 4 is 32.3 Å². The lowest BCUT2D eigenvalue weighted by atomic mass is 10.1. The van der Waals surface area contributed by atoms with Crippen LogP contribution in [0.15, 0.2) is 72.3 Å². The second-order valence-electron chi connectivity index (χ2n) is 9.75. The number of ether oxygens (including phenoxy) is 1. The molecule has 0 amide bonds. The van der Waals surface area contributed by atoms with Gasteiger partial charge in [-0.2, -0.15) is 0 Å². The summed E-state index contributed by atoms with van der Waals surface area (Å²) in [7, 11) is -3.78. The largest absolute Gasteiger partial charge is 0.377 e. The zero-order valence-corrected chi connectivity index (χ0v) is 21.6. The molecule has 2 aliphatic heterocycles. The first-order chi connectivity index (χ1) is 17.4. The molecule has 0 spiro atoms. The third kappa shape index (κ3) is 5.40. The lowest BCUT2D eigenvalue weighted by molar-refractivity contribution is -0.0157. The van der Waals surface area contributed by atoms with Gasteiger partial charge in [0.1, 0.15) is 4.90 Å². The minimum Gasteiger partial charge on any atom is -0.377 e. The molecule has 7 nitrogen and oxygen atoms in total. The van der Waals surface area contributed by atoms with Gasteiger partial charge in [-0.05, 0) is 56.0 Å². The van der Waals surface area contributed by atoms with Gasteiger partial charge in [-0.15, -0.1) is 0 Å². The molecule has 1 aromatic heterocycles. The van der Waals surface area contributed by atoms with Crippen LogP contribution < -0.4 is 4.72 Å². The smallest absolute Gasteiger partial charge is 0.264 e. The highest BCUT2D eigenvalue weighted by Crippen LogP contribution is 2.27. The van der Waals surface area contributed by atoms with E-state index in [2.05, 4.69) is 33.0 Å². The number of sulfonamides is 1. The van der Waals surface area contributed by atoms with Crippen molar-refractivity contribution in [2.75, 3.05) is 37.5 Å². The maximum absolute atomic E-state index is 13.1. The number of nitrogens with zero attached hydrogens (tertiary/aromatic N) is 3. The Hall–Kier alpha value is -2.94. The SMILES string of the molecule is C=C(c1ccc(NS(=O)(=O)c2cccc3cccnc23)cc1)N1CCN(CC2CCCCO2)CC1C. The lowest BCUT2D eigenvalue weighted by Crippen LogP contribution is -2.52. The standard InChI is InChI=1S/C28H34N4O3S/c1-21-19-31(20-26-9-3-4-18-35-26)16-17-32(21)22(2)23-11-13-25(14-12-23)30-36(33,34)27-10-5-7-24-8-6-15-29-28(24)27/h5-8,10-15,21,26,30H,2-4,9,16-20H2,1H3. The second kappa shape index (κ2) is 10.6. The number of pyridine rings is 1. The second-order valence-corrected chi connectivity index (χ2v) is 11.4. The third-order valence-electron chi connectivity index (χ3n) is 7.15. The predicted octanol–water partition coefficient (Wildman–Crippen LogP) is 4.58. The minimum atomic E-state index is -3.78. The molecule has 0 radical (unpaired) electrons. The summed E-state index contributed by atoms with van der Waals surface area (Å²) >= 11 is 0. The quantitative estimate of drug-likeness (QED) is 0.506. The van der Waals surface area contributed by atoms with E-state index in [1.54, 1.807) is 36.5 Å². The highest BCUT2D eigenvalue weighted by molar-refractivity contribution is 7.93. The van der Waals surface area contributed by atoms with Crippen LogP contribution in [-0.2, 0) is 14.8 Å². The van der Waals surface area contributed by atoms with Crippen LogP contribution in [0, 0.1) is 0 Å². The highest BCUT2D eigenvalue weighted by Gasteiger charge is 2.27. The van der Waals surface area contributed by atoms with Crippen LogP contribution in [0.25, 0.3) is 16.6 Å². The summed E-state index contributed by atoms with van der Waals surface area (Å²) in [5.41, 5.74) is 2.91. The Morgan fingerprint density at radius 2 is 1.92 bits per heavy atom. The fourth-order valence-electron chi connectivity index (χ4n) is 5.24. The number of fused-ring (bicyclic) bond motifs is 1. The fourth-order valence-corrected chi connectivity index (χ4v) is 6.48. The third-order valence-corrected chi connectivity index (χ3v) is 8.56. The molecule has 3 heterocycles. The maximum atomic E-state index is 13.1. The fraction of sp³-hybridized carbons (Fsp3) is 0.393. The number of anilines is 1. The van der Waals surface area contributed by atoms with E-state index >= 15 is 0 Å². The zero-order chi connectivity index (χ0) is 25.1. The molecule has 2 unspecified atom stereocenters. The molecule has 8 heteroatoms. The van der Waals surface area contributed by atoms with Gasteiger partial charge in [0.15, 0.2) is 0 Å². The molecule has 0 aliphatic carbocycles. The number of hydrogen-bond donors (Lipinski definition) is 1. The van der Waals surface area contributed by atoms with E-state index in [0.717, 1.165) is 55.9 Å². The average molecular weight is 507 g/mol. The van der Waals surface area contributed by atoms with Gasteiger partial charge in [-0.1, -0.05) is 36.9 Å². The van der Waals surface area contributed by atoms with Gasteiger partial charge in [-0.3, -0.25) is 14.6 Å². The molecule has 2 aromatic carbocycles. The van der Waals surface area contributed by atoms with E-state index < -0.39 is 10.0 Å². The van der Waals surface area contributed by atoms with Crippen molar-refractivity contribution in [1.29, 1.82) is 0 Å². The number of rotatable bonds is 7. The molecule has 1 N–H and O–H groups in total. The van der Waals surface area contributed by atoms with Crippen LogP contribution in [0.3, 0.4) is 0 Å². The Morgan fingerprint density at radius 1 is 1.11 bits per heavy atom. The summed E-state index contributed by atoms with van der Waals surface area (Å²) in [5, 5.41) is 0.785. The summed E-state index contributed by atoms with van der Waals surface area (Å²) < 4.78 is 34.8. The van der Waals surface area contributed by atoms with Gasteiger partial charge in [0.25, 0.3) is 10.0 Å². The number of nitrogens with one attached hydrogen (secondary N) is 1. The van der Waals surface area contributed by atoms with Crippen LogP contribution in [0.4, 0.5) is 5.69 Å². The molecule has 2 fully saturated rings. The van der Waals surface area contributed by atoms with Crippen LogP contribution in [0.2, 0.25) is 0 Å². The van der Waals surface area contributed by atoms with E-state index in [9.17, 15) is 8.42 Å². The van der Waals surface area contributed by atoms with E-state index in [4.69, 9.17) is 4.74 Å². The number of hydrogen-bond acceptors (Lipinski definition) is 6. The minimum absolute atomic E-state index is 0.166. The summed E-state index contributed by atoms with van der Waals surface area (Å²) in [5.74, 6) is 0. The molecule has 3 aromatic rings. The van der Waals surface area contributed by atoms with Gasteiger partial charge in [0, 0.05) is 61.8 Å². The molecule has 36 heavy (non-hydrogen) atoms. The summed E-state index contributed by atoms with van der Waals surface area (Å²) in [6, 6.07) is 16.6. The van der Waals surface area contributed by atoms with Gasteiger partial charge in [-0.25, -0.2) is 8.42 Å². The first-order valence-electron chi connectivity index (χ1n) is 12.7. The van der Waals surface area contributed by atoms with Crippen molar-refractivity contribution in [3.63, 3.8) is 0 Å². The Morgan fingerprint density at radius 3 is 2.67 bits per heavy atom. The van der Waals surface area contributed by atoms with Crippen LogP contribution in [0.5, 0.6) is 0 Å². The predicted molar refractivity (Wildman–Crippen MR) is 144 cm³/mol. The number of piperazine rings is 1. The van der Waals surface area contributed by atoms with Crippen LogP contribution in [-0.4, -0.2) is 68.1 Å². The van der Waals surface area contributed by atoms with E-state index in [1.807, 2.05) is 24.3 Å². The first kappa shape index (κ1) is 24.7. The van der Waals surface area contributed by atoms with Crippen molar-refractivity contribution in [3.8, 4) is 0 Å². The number of para-hydroxylation sites is 1. The molecule has 0 saturated carbocycles. The Balaban J connectivity index is 1.23. The highest BCUT2D eigenvalue weighted by atomic mass is 32.2. The molecule has 2 aliphatic rings. The van der Waals surface area contributed by atoms with Crippen molar-refractivity contribution in [2.45, 2.75) is 43.2 Å². The van der Waals surface area contributed by atoms with Gasteiger partial charge in [0.05, 0.1) is 11.6 Å². The van der Waals surface area contributed by atoms with Gasteiger partial charge < -0.3 is 9.64 Å². The maximum Gasteiger partial charge on any atom is 0.264 e. The molecule has 0 bridgehead atoms. The first-order valence-corrected chi connectivity index (χ1v) is 14.2. The van der Waals surface area contributed by atoms with E-state index in [1.165, 1.54) is 12.8 Å². The molecular weight excluding hydrogens is 472 g/mol. The normalized spacial score (nSPS) is 21.4. The van der Waals surface area contributed by atoms with E-state index in [-0.39, 0.29) is 4.90 Å². The summed E-state index contributed by atoms with van der Waals surface area (Å²) in [6.07, 6.45) is 5.57. The molecular formula is C28H34N4O3S. The topological polar surface area (TPSA) is 74.8 Å². The molecule has 5 rings (SSSR count). The number of benzene rings is 2. The van der Waals surface area contributed by atoms with E-state index in [0.29, 0.717) is 23.3 Å². The van der Waals surface area contributed by atoms with Crippen molar-refractivity contribution in [2.24, 2.45) is 0 Å². The zero-order valence-electron chi connectivity index (χ0n) is 20.8. The average Bonchev–Trinajstić information content (AvgIpc) is 2.89. The van der Waals surface area contributed by atoms with Crippen molar-refractivity contribution < 1.29 is 13.2 Å². The van der Waals surface area contributed by atoms with Gasteiger partial charge >= 0.3 is 0 Å². The monoisotopic (exact) mass is 506 g/mol. The Bertz CT molecular complexity index is 1310. The Labute approximate surface area is 213 Å². The lowest BCUT2D eigenvalue weighted by Gasteiger charge is -2.43. The molecule has 2 atom stereocenters. The molecule has 190 valence electrons. The van der Waals surface area contributed by atoms with Crippen LogP contribution in [0.1, 0.15) is 31.7 Å². The van der Waals surface area contributed by atoms with Crippen LogP contribution >= 0.6 is 0 Å². The van der Waals surface area contributed by atoms with Crippen molar-refractivity contribution in [3.05, 3.63) is 72.9 Å².